The molecule has 0 saturated carbocycles. The number of anilines is 1. The van der Waals surface area contributed by atoms with Gasteiger partial charge in [-0.1, -0.05) is 16.8 Å². The van der Waals surface area contributed by atoms with Gasteiger partial charge in [-0.05, 0) is 26.0 Å². The Morgan fingerprint density at radius 1 is 1.31 bits per heavy atom. The first-order valence-electron chi connectivity index (χ1n) is 4.81. The van der Waals surface area contributed by atoms with Crippen molar-refractivity contribution in [1.82, 2.24) is 15.4 Å². The molecule has 0 amide bonds. The van der Waals surface area contributed by atoms with Crippen LogP contribution in [-0.4, -0.2) is 15.4 Å². The van der Waals surface area contributed by atoms with Gasteiger partial charge in [0.15, 0.2) is 5.15 Å². The summed E-state index contributed by atoms with van der Waals surface area (Å²) in [5.41, 5.74) is 1.92. The first-order valence-corrected chi connectivity index (χ1v) is 5.19. The number of aromatic nitrogens is 3. The molecule has 2 heterocycles. The molecule has 0 saturated heterocycles. The molecule has 2 aromatic rings. The fourth-order valence-electron chi connectivity index (χ4n) is 1.34. The van der Waals surface area contributed by atoms with Gasteiger partial charge in [-0.3, -0.25) is 0 Å². The fourth-order valence-corrected chi connectivity index (χ4v) is 1.44. The van der Waals surface area contributed by atoms with Crippen molar-refractivity contribution in [3.8, 4) is 0 Å². The summed E-state index contributed by atoms with van der Waals surface area (Å²) in [6, 6.07) is 3.46. The first-order chi connectivity index (χ1) is 7.66. The third-order valence-electron chi connectivity index (χ3n) is 2.26. The zero-order valence-corrected chi connectivity index (χ0v) is 9.75. The van der Waals surface area contributed by atoms with Crippen LogP contribution in [0.2, 0.25) is 5.15 Å². The van der Waals surface area contributed by atoms with Crippen molar-refractivity contribution in [3.63, 3.8) is 0 Å². The fraction of sp³-hybridized carbons (Fsp3) is 0.300. The van der Waals surface area contributed by atoms with Crippen LogP contribution in [0.15, 0.2) is 16.7 Å². The normalized spacial score (nSPS) is 10.4. The van der Waals surface area contributed by atoms with Crippen molar-refractivity contribution in [2.45, 2.75) is 20.4 Å². The van der Waals surface area contributed by atoms with E-state index in [-0.39, 0.29) is 0 Å². The number of halogens is 1. The van der Waals surface area contributed by atoms with E-state index in [1.807, 2.05) is 13.8 Å². The van der Waals surface area contributed by atoms with Gasteiger partial charge in [0.1, 0.15) is 11.6 Å². The number of aryl methyl sites for hydroxylation is 2. The standard InChI is InChI=1S/C10H11ClN4O/c1-6-8(7(2)16-15-6)5-12-10-4-3-9(11)13-14-10/h3-4H,5H2,1-2H3,(H,12,14). The maximum Gasteiger partial charge on any atom is 0.151 e. The third-order valence-corrected chi connectivity index (χ3v) is 2.46. The van der Waals surface area contributed by atoms with E-state index in [0.717, 1.165) is 17.0 Å². The number of nitrogens with one attached hydrogen (secondary N) is 1. The summed E-state index contributed by atoms with van der Waals surface area (Å²) in [5, 5.41) is 15.0. The summed E-state index contributed by atoms with van der Waals surface area (Å²) in [7, 11) is 0. The third kappa shape index (κ3) is 2.30. The molecular formula is C10H11ClN4O. The van der Waals surface area contributed by atoms with Crippen LogP contribution in [0.25, 0.3) is 0 Å². The molecule has 16 heavy (non-hydrogen) atoms. The lowest BCUT2D eigenvalue weighted by Gasteiger charge is -2.03. The second-order valence-corrected chi connectivity index (χ2v) is 3.78. The van der Waals surface area contributed by atoms with E-state index in [9.17, 15) is 0 Å². The Morgan fingerprint density at radius 3 is 2.69 bits per heavy atom. The molecule has 0 fully saturated rings. The summed E-state index contributed by atoms with van der Waals surface area (Å²) in [5.74, 6) is 1.48. The molecule has 0 bridgehead atoms. The largest absolute Gasteiger partial charge is 0.364 e. The highest BCUT2D eigenvalue weighted by molar-refractivity contribution is 6.29. The monoisotopic (exact) mass is 238 g/mol. The van der Waals surface area contributed by atoms with Crippen LogP contribution in [0, 0.1) is 13.8 Å². The molecule has 0 atom stereocenters. The Morgan fingerprint density at radius 2 is 2.12 bits per heavy atom. The van der Waals surface area contributed by atoms with Gasteiger partial charge in [-0.15, -0.1) is 10.2 Å². The Bertz CT molecular complexity index is 461. The van der Waals surface area contributed by atoms with E-state index in [4.69, 9.17) is 16.1 Å². The summed E-state index contributed by atoms with van der Waals surface area (Å²) in [6.07, 6.45) is 0. The molecule has 84 valence electrons. The van der Waals surface area contributed by atoms with Crippen molar-refractivity contribution in [2.75, 3.05) is 5.32 Å². The van der Waals surface area contributed by atoms with Crippen LogP contribution >= 0.6 is 11.6 Å². The van der Waals surface area contributed by atoms with Crippen molar-refractivity contribution in [3.05, 3.63) is 34.3 Å². The molecule has 0 aromatic carbocycles. The summed E-state index contributed by atoms with van der Waals surface area (Å²) >= 11 is 5.64. The van der Waals surface area contributed by atoms with Crippen LogP contribution in [0.5, 0.6) is 0 Å². The Labute approximate surface area is 97.8 Å². The molecular weight excluding hydrogens is 228 g/mol. The molecule has 0 aliphatic rings. The van der Waals surface area contributed by atoms with Gasteiger partial charge in [0, 0.05) is 12.1 Å². The number of rotatable bonds is 3. The number of hydrogen-bond acceptors (Lipinski definition) is 5. The predicted molar refractivity (Wildman–Crippen MR) is 60.3 cm³/mol. The van der Waals surface area contributed by atoms with Crippen LogP contribution in [-0.2, 0) is 6.54 Å². The molecule has 5 nitrogen and oxygen atoms in total. The SMILES string of the molecule is Cc1noc(C)c1CNc1ccc(Cl)nn1. The number of nitrogens with zero attached hydrogens (tertiary/aromatic N) is 3. The summed E-state index contributed by atoms with van der Waals surface area (Å²) < 4.78 is 5.06. The minimum atomic E-state index is 0.378. The van der Waals surface area contributed by atoms with E-state index >= 15 is 0 Å². The van der Waals surface area contributed by atoms with Gasteiger partial charge < -0.3 is 9.84 Å². The van der Waals surface area contributed by atoms with Gasteiger partial charge in [0.2, 0.25) is 0 Å². The Kier molecular flexibility index (Phi) is 3.05. The highest BCUT2D eigenvalue weighted by atomic mass is 35.5. The minimum absolute atomic E-state index is 0.378. The van der Waals surface area contributed by atoms with Gasteiger partial charge in [-0.2, -0.15) is 0 Å². The van der Waals surface area contributed by atoms with E-state index in [1.54, 1.807) is 12.1 Å². The second-order valence-electron chi connectivity index (χ2n) is 3.40. The topological polar surface area (TPSA) is 63.8 Å². The molecule has 0 radical (unpaired) electrons. The molecule has 0 spiro atoms. The summed E-state index contributed by atoms with van der Waals surface area (Å²) in [4.78, 5) is 0. The van der Waals surface area contributed by atoms with Gasteiger partial charge in [0.25, 0.3) is 0 Å². The van der Waals surface area contributed by atoms with Crippen molar-refractivity contribution < 1.29 is 4.52 Å². The van der Waals surface area contributed by atoms with E-state index in [0.29, 0.717) is 17.5 Å². The molecule has 6 heteroatoms. The molecule has 2 aromatic heterocycles. The van der Waals surface area contributed by atoms with Gasteiger partial charge >= 0.3 is 0 Å². The van der Waals surface area contributed by atoms with Crippen LogP contribution in [0.4, 0.5) is 5.82 Å². The highest BCUT2D eigenvalue weighted by Crippen LogP contribution is 2.14. The molecule has 2 rings (SSSR count). The van der Waals surface area contributed by atoms with Gasteiger partial charge in [0.05, 0.1) is 5.69 Å². The molecule has 0 unspecified atom stereocenters. The Hall–Kier alpha value is -1.62. The average molecular weight is 239 g/mol. The lowest BCUT2D eigenvalue weighted by molar-refractivity contribution is 0.392. The highest BCUT2D eigenvalue weighted by Gasteiger charge is 2.08. The van der Waals surface area contributed by atoms with Crippen LogP contribution in [0.3, 0.4) is 0 Å². The molecule has 0 aliphatic carbocycles. The first kappa shape index (κ1) is 10.9. The average Bonchev–Trinajstić information content (AvgIpc) is 2.59. The lowest BCUT2D eigenvalue weighted by Crippen LogP contribution is -2.03. The summed E-state index contributed by atoms with van der Waals surface area (Å²) in [6.45, 7) is 4.39. The van der Waals surface area contributed by atoms with Crippen molar-refractivity contribution >= 4 is 17.4 Å². The lowest BCUT2D eigenvalue weighted by atomic mass is 10.2. The molecule has 0 aliphatic heterocycles. The molecule has 1 N–H and O–H groups in total. The Balaban J connectivity index is 2.05. The quantitative estimate of drug-likeness (QED) is 0.889. The number of hydrogen-bond donors (Lipinski definition) is 1. The van der Waals surface area contributed by atoms with E-state index < -0.39 is 0 Å². The second kappa shape index (κ2) is 4.49. The zero-order valence-electron chi connectivity index (χ0n) is 8.99. The predicted octanol–water partition coefficient (Wildman–Crippen LogP) is 2.35. The van der Waals surface area contributed by atoms with Gasteiger partial charge in [-0.25, -0.2) is 0 Å². The van der Waals surface area contributed by atoms with E-state index in [2.05, 4.69) is 20.7 Å². The smallest absolute Gasteiger partial charge is 0.151 e. The van der Waals surface area contributed by atoms with Crippen LogP contribution < -0.4 is 5.32 Å². The minimum Gasteiger partial charge on any atom is -0.364 e. The zero-order chi connectivity index (χ0) is 11.5. The van der Waals surface area contributed by atoms with E-state index in [1.165, 1.54) is 0 Å². The van der Waals surface area contributed by atoms with Crippen LogP contribution in [0.1, 0.15) is 17.0 Å². The van der Waals surface area contributed by atoms with Crippen molar-refractivity contribution in [2.24, 2.45) is 0 Å². The van der Waals surface area contributed by atoms with Crippen molar-refractivity contribution in [1.29, 1.82) is 0 Å². The maximum absolute atomic E-state index is 5.64. The maximum atomic E-state index is 5.64.